The molecular weight excluding hydrogens is 225 g/mol. The summed E-state index contributed by atoms with van der Waals surface area (Å²) >= 11 is 5.52. The van der Waals surface area contributed by atoms with Gasteiger partial charge in [-0.05, 0) is 18.6 Å². The first-order valence-corrected chi connectivity index (χ1v) is 4.88. The van der Waals surface area contributed by atoms with Crippen LogP contribution in [0.2, 0.25) is 0 Å². The smallest absolute Gasteiger partial charge is 0.166 e. The molecule has 0 spiro atoms. The Morgan fingerprint density at radius 3 is 2.47 bits per heavy atom. The van der Waals surface area contributed by atoms with E-state index in [2.05, 4.69) is 0 Å². The van der Waals surface area contributed by atoms with Crippen molar-refractivity contribution in [3.8, 4) is 0 Å². The van der Waals surface area contributed by atoms with Crippen LogP contribution in [0.5, 0.6) is 0 Å². The van der Waals surface area contributed by atoms with Crippen molar-refractivity contribution < 1.29 is 13.2 Å². The Labute approximate surface area is 91.4 Å². The number of rotatable bonds is 2. The molecule has 15 heavy (non-hydrogen) atoms. The molecule has 0 aliphatic heterocycles. The molecule has 0 aromatic heterocycles. The van der Waals surface area contributed by atoms with Crippen LogP contribution in [-0.4, -0.2) is 5.88 Å². The van der Waals surface area contributed by atoms with E-state index in [0.717, 1.165) is 6.07 Å². The highest BCUT2D eigenvalue weighted by Gasteiger charge is 2.32. The second-order valence-corrected chi connectivity index (χ2v) is 3.48. The zero-order valence-electron chi connectivity index (χ0n) is 8.11. The van der Waals surface area contributed by atoms with Crippen molar-refractivity contribution in [1.29, 1.82) is 0 Å². The van der Waals surface area contributed by atoms with Crippen molar-refractivity contribution in [3.63, 3.8) is 0 Å². The molecule has 0 amide bonds. The fraction of sp³-hybridized carbons (Fsp3) is 0.273. The molecule has 0 radical (unpaired) electrons. The molecule has 0 nitrogen and oxygen atoms in total. The largest absolute Gasteiger partial charge is 0.416 e. The molecule has 0 heterocycles. The highest BCUT2D eigenvalue weighted by Crippen LogP contribution is 2.32. The number of alkyl halides is 4. The molecule has 0 unspecified atom stereocenters. The molecule has 1 aromatic carbocycles. The summed E-state index contributed by atoms with van der Waals surface area (Å²) < 4.78 is 37.6. The van der Waals surface area contributed by atoms with E-state index >= 15 is 0 Å². The van der Waals surface area contributed by atoms with Gasteiger partial charge in [-0.1, -0.05) is 29.8 Å². The fourth-order valence-electron chi connectivity index (χ4n) is 1.19. The van der Waals surface area contributed by atoms with Crippen LogP contribution in [0.25, 0.3) is 6.08 Å². The van der Waals surface area contributed by atoms with Gasteiger partial charge in [-0.25, -0.2) is 0 Å². The number of allylic oxidation sites excluding steroid dienone is 1. The monoisotopic (exact) mass is 234 g/mol. The van der Waals surface area contributed by atoms with Crippen LogP contribution in [0.3, 0.4) is 0 Å². The summed E-state index contributed by atoms with van der Waals surface area (Å²) in [6.45, 7) is 1.69. The second kappa shape index (κ2) is 4.71. The molecule has 82 valence electrons. The SMILES string of the molecule is CC(=Cc1ccccc1C(F)(F)F)CCl. The van der Waals surface area contributed by atoms with E-state index in [-0.39, 0.29) is 11.4 Å². The Morgan fingerprint density at radius 1 is 1.33 bits per heavy atom. The van der Waals surface area contributed by atoms with Gasteiger partial charge in [0.25, 0.3) is 0 Å². The van der Waals surface area contributed by atoms with Gasteiger partial charge < -0.3 is 0 Å². The lowest BCUT2D eigenvalue weighted by molar-refractivity contribution is -0.137. The van der Waals surface area contributed by atoms with Crippen LogP contribution in [-0.2, 0) is 6.18 Å². The van der Waals surface area contributed by atoms with E-state index in [0.29, 0.717) is 5.57 Å². The maximum atomic E-state index is 12.5. The van der Waals surface area contributed by atoms with Crippen LogP contribution in [0.15, 0.2) is 29.8 Å². The molecule has 0 aliphatic carbocycles. The van der Waals surface area contributed by atoms with Crippen LogP contribution in [0, 0.1) is 0 Å². The molecule has 0 saturated carbocycles. The van der Waals surface area contributed by atoms with Crippen molar-refractivity contribution in [1.82, 2.24) is 0 Å². The second-order valence-electron chi connectivity index (χ2n) is 3.21. The van der Waals surface area contributed by atoms with Crippen LogP contribution in [0.4, 0.5) is 13.2 Å². The topological polar surface area (TPSA) is 0 Å². The Kier molecular flexibility index (Phi) is 3.80. The zero-order chi connectivity index (χ0) is 11.5. The van der Waals surface area contributed by atoms with E-state index in [4.69, 9.17) is 11.6 Å². The summed E-state index contributed by atoms with van der Waals surface area (Å²) in [7, 11) is 0. The number of hydrogen-bond acceptors (Lipinski definition) is 0. The first kappa shape index (κ1) is 12.1. The molecule has 0 bridgehead atoms. The molecule has 1 rings (SSSR count). The fourth-order valence-corrected chi connectivity index (χ4v) is 1.26. The highest BCUT2D eigenvalue weighted by atomic mass is 35.5. The van der Waals surface area contributed by atoms with E-state index < -0.39 is 11.7 Å². The Balaban J connectivity index is 3.19. The van der Waals surface area contributed by atoms with Gasteiger partial charge >= 0.3 is 6.18 Å². The third-order valence-electron chi connectivity index (χ3n) is 1.88. The molecule has 0 aliphatic rings. The van der Waals surface area contributed by atoms with Gasteiger partial charge in [0.05, 0.1) is 5.56 Å². The van der Waals surface area contributed by atoms with Gasteiger partial charge in [-0.15, -0.1) is 11.6 Å². The van der Waals surface area contributed by atoms with Crippen molar-refractivity contribution in [2.45, 2.75) is 13.1 Å². The van der Waals surface area contributed by atoms with E-state index in [9.17, 15) is 13.2 Å². The Hall–Kier alpha value is -0.960. The summed E-state index contributed by atoms with van der Waals surface area (Å²) in [5.41, 5.74) is 0.228. The molecule has 4 heteroatoms. The molecule has 1 aromatic rings. The minimum atomic E-state index is -4.32. The normalized spacial score (nSPS) is 13.0. The standard InChI is InChI=1S/C11H10ClF3/c1-8(7-12)6-9-4-2-3-5-10(9)11(13,14)15/h2-6H,7H2,1H3. The van der Waals surface area contributed by atoms with E-state index in [1.54, 1.807) is 13.0 Å². The average Bonchev–Trinajstić information content (AvgIpc) is 2.17. The van der Waals surface area contributed by atoms with Crippen LogP contribution < -0.4 is 0 Å². The molecule has 0 N–H and O–H groups in total. The average molecular weight is 235 g/mol. The lowest BCUT2D eigenvalue weighted by Crippen LogP contribution is -2.07. The van der Waals surface area contributed by atoms with E-state index in [1.165, 1.54) is 18.2 Å². The highest BCUT2D eigenvalue weighted by molar-refractivity contribution is 6.19. The Bertz CT molecular complexity index is 366. The summed E-state index contributed by atoms with van der Waals surface area (Å²) in [5, 5.41) is 0. The predicted molar refractivity (Wildman–Crippen MR) is 55.8 cm³/mol. The molecule has 0 saturated heterocycles. The van der Waals surface area contributed by atoms with Gasteiger partial charge in [-0.3, -0.25) is 0 Å². The number of halogens is 4. The zero-order valence-corrected chi connectivity index (χ0v) is 8.86. The third kappa shape index (κ3) is 3.27. The van der Waals surface area contributed by atoms with Gasteiger partial charge in [0.2, 0.25) is 0 Å². The van der Waals surface area contributed by atoms with Crippen molar-refractivity contribution in [2.24, 2.45) is 0 Å². The lowest BCUT2D eigenvalue weighted by Gasteiger charge is -2.10. The number of hydrogen-bond donors (Lipinski definition) is 0. The van der Waals surface area contributed by atoms with Crippen LogP contribution in [0.1, 0.15) is 18.1 Å². The summed E-state index contributed by atoms with van der Waals surface area (Å²) in [6, 6.07) is 5.44. The summed E-state index contributed by atoms with van der Waals surface area (Å²) in [5.74, 6) is 0.228. The molecule has 0 atom stereocenters. The van der Waals surface area contributed by atoms with Crippen LogP contribution >= 0.6 is 11.6 Å². The quantitative estimate of drug-likeness (QED) is 0.668. The van der Waals surface area contributed by atoms with Crippen molar-refractivity contribution >= 4 is 17.7 Å². The predicted octanol–water partition coefficient (Wildman–Crippen LogP) is 4.35. The van der Waals surface area contributed by atoms with Crippen molar-refractivity contribution in [3.05, 3.63) is 41.0 Å². The minimum Gasteiger partial charge on any atom is -0.166 e. The molecule has 0 fully saturated rings. The third-order valence-corrected chi connectivity index (χ3v) is 2.30. The number of benzene rings is 1. The maximum Gasteiger partial charge on any atom is 0.416 e. The van der Waals surface area contributed by atoms with Crippen molar-refractivity contribution in [2.75, 3.05) is 5.88 Å². The minimum absolute atomic E-state index is 0.156. The summed E-state index contributed by atoms with van der Waals surface area (Å²) in [6.07, 6.45) is -2.87. The van der Waals surface area contributed by atoms with Gasteiger partial charge in [0, 0.05) is 5.88 Å². The van der Waals surface area contributed by atoms with Gasteiger partial charge in [0.1, 0.15) is 0 Å². The molecular formula is C11H10ClF3. The van der Waals surface area contributed by atoms with Gasteiger partial charge in [-0.2, -0.15) is 13.2 Å². The van der Waals surface area contributed by atoms with E-state index in [1.807, 2.05) is 0 Å². The van der Waals surface area contributed by atoms with Gasteiger partial charge in [0.15, 0.2) is 0 Å². The maximum absolute atomic E-state index is 12.5. The first-order valence-electron chi connectivity index (χ1n) is 4.34. The lowest BCUT2D eigenvalue weighted by atomic mass is 10.1. The Morgan fingerprint density at radius 2 is 1.93 bits per heavy atom. The first-order chi connectivity index (χ1) is 6.95. The summed E-state index contributed by atoms with van der Waals surface area (Å²) in [4.78, 5) is 0.